The Morgan fingerprint density at radius 1 is 1.64 bits per heavy atom. The highest BCUT2D eigenvalue weighted by Gasteiger charge is 2.10. The molecule has 1 rings (SSSR count). The van der Waals surface area contributed by atoms with Crippen LogP contribution in [0, 0.1) is 0 Å². The summed E-state index contributed by atoms with van der Waals surface area (Å²) < 4.78 is 8.84. The monoisotopic (exact) mass is 197 g/mol. The first-order valence-electron chi connectivity index (χ1n) is 4.79. The third-order valence-electron chi connectivity index (χ3n) is 2.05. The highest BCUT2D eigenvalue weighted by molar-refractivity contribution is 5.69. The van der Waals surface area contributed by atoms with Gasteiger partial charge in [0.2, 0.25) is 6.33 Å². The van der Waals surface area contributed by atoms with Gasteiger partial charge in [-0.05, 0) is 6.92 Å². The van der Waals surface area contributed by atoms with Crippen molar-refractivity contribution in [3.05, 3.63) is 18.2 Å². The van der Waals surface area contributed by atoms with E-state index in [1.165, 1.54) is 0 Å². The average molecular weight is 197 g/mol. The highest BCUT2D eigenvalue weighted by Crippen LogP contribution is 2.00. The summed E-state index contributed by atoms with van der Waals surface area (Å²) in [5, 5.41) is 0. The van der Waals surface area contributed by atoms with Gasteiger partial charge in [0.05, 0.1) is 27.1 Å². The maximum Gasteiger partial charge on any atom is 0.306 e. The van der Waals surface area contributed by atoms with Crippen LogP contribution < -0.4 is 4.57 Å². The Hall–Kier alpha value is -1.32. The Kier molecular flexibility index (Phi) is 3.68. The normalized spacial score (nSPS) is 10.2. The van der Waals surface area contributed by atoms with E-state index in [2.05, 4.69) is 0 Å². The minimum Gasteiger partial charge on any atom is -0.466 e. The molecular weight excluding hydrogens is 180 g/mol. The second-order valence-corrected chi connectivity index (χ2v) is 3.32. The van der Waals surface area contributed by atoms with Crippen LogP contribution in [0.25, 0.3) is 0 Å². The van der Waals surface area contributed by atoms with Crippen molar-refractivity contribution in [2.75, 3.05) is 6.61 Å². The Morgan fingerprint density at radius 3 is 2.86 bits per heavy atom. The van der Waals surface area contributed by atoms with E-state index in [1.54, 1.807) is 0 Å². The predicted octanol–water partition coefficient (Wildman–Crippen LogP) is 0.345. The Bertz CT molecular complexity index is 318. The fourth-order valence-electron chi connectivity index (χ4n) is 1.41. The Morgan fingerprint density at radius 2 is 2.36 bits per heavy atom. The van der Waals surface area contributed by atoms with Crippen LogP contribution in [0.5, 0.6) is 0 Å². The lowest BCUT2D eigenvalue weighted by molar-refractivity contribution is -0.671. The zero-order valence-electron chi connectivity index (χ0n) is 8.99. The highest BCUT2D eigenvalue weighted by atomic mass is 16.5. The molecule has 1 aromatic heterocycles. The largest absolute Gasteiger partial charge is 0.466 e. The zero-order chi connectivity index (χ0) is 10.6. The lowest BCUT2D eigenvalue weighted by atomic mass is 10.2. The zero-order valence-corrected chi connectivity index (χ0v) is 8.99. The molecule has 0 aliphatic heterocycles. The number of carbonyl (C=O) groups is 1. The van der Waals surface area contributed by atoms with E-state index in [1.807, 2.05) is 42.7 Å². The smallest absolute Gasteiger partial charge is 0.306 e. The second kappa shape index (κ2) is 4.79. The summed E-state index contributed by atoms with van der Waals surface area (Å²) in [6, 6.07) is 0. The van der Waals surface area contributed by atoms with Gasteiger partial charge in [0.1, 0.15) is 11.9 Å². The van der Waals surface area contributed by atoms with E-state index in [0.717, 1.165) is 12.1 Å². The van der Waals surface area contributed by atoms with E-state index in [-0.39, 0.29) is 5.97 Å². The summed E-state index contributed by atoms with van der Waals surface area (Å²) in [5.74, 6) is -0.128. The molecule has 0 spiro atoms. The molecule has 0 aliphatic rings. The maximum absolute atomic E-state index is 11.1. The fourth-order valence-corrected chi connectivity index (χ4v) is 1.41. The molecule has 4 heteroatoms. The van der Waals surface area contributed by atoms with Gasteiger partial charge in [-0.2, -0.15) is 0 Å². The van der Waals surface area contributed by atoms with Gasteiger partial charge in [-0.15, -0.1) is 0 Å². The number of aromatic nitrogens is 2. The molecule has 0 saturated carbocycles. The van der Waals surface area contributed by atoms with E-state index in [9.17, 15) is 4.79 Å². The number of imidazole rings is 1. The Balaban J connectivity index is 2.45. The third-order valence-corrected chi connectivity index (χ3v) is 2.05. The van der Waals surface area contributed by atoms with Crippen molar-refractivity contribution in [2.24, 2.45) is 14.1 Å². The van der Waals surface area contributed by atoms with Crippen LogP contribution in [-0.2, 0) is 30.0 Å². The third kappa shape index (κ3) is 2.87. The molecule has 0 aliphatic carbocycles. The first kappa shape index (κ1) is 10.8. The molecule has 0 bridgehead atoms. The molecule has 4 nitrogen and oxygen atoms in total. The number of aryl methyl sites for hydroxylation is 3. The number of hydrogen-bond donors (Lipinski definition) is 0. The van der Waals surface area contributed by atoms with Gasteiger partial charge in [-0.25, -0.2) is 9.13 Å². The topological polar surface area (TPSA) is 35.1 Å². The quantitative estimate of drug-likeness (QED) is 0.515. The van der Waals surface area contributed by atoms with Crippen molar-refractivity contribution in [2.45, 2.75) is 19.8 Å². The summed E-state index contributed by atoms with van der Waals surface area (Å²) in [5.41, 5.74) is 1.14. The van der Waals surface area contributed by atoms with Crippen LogP contribution in [-0.4, -0.2) is 17.1 Å². The first-order chi connectivity index (χ1) is 6.63. The van der Waals surface area contributed by atoms with Crippen molar-refractivity contribution in [1.29, 1.82) is 0 Å². The minimum absolute atomic E-state index is 0.128. The number of hydrogen-bond acceptors (Lipinski definition) is 2. The number of esters is 1. The van der Waals surface area contributed by atoms with Crippen LogP contribution >= 0.6 is 0 Å². The van der Waals surface area contributed by atoms with Crippen molar-refractivity contribution in [3.8, 4) is 0 Å². The van der Waals surface area contributed by atoms with Crippen LogP contribution in [0.1, 0.15) is 19.0 Å². The summed E-state index contributed by atoms with van der Waals surface area (Å²) in [4.78, 5) is 11.1. The summed E-state index contributed by atoms with van der Waals surface area (Å²) in [7, 11) is 3.94. The SMILES string of the molecule is CCOC(=O)CCc1c[n+](C)cn1C. The standard InChI is InChI=1S/C10H17N2O2/c1-4-14-10(13)6-5-9-7-11(2)8-12(9)3/h7-8H,4-6H2,1-3H3/q+1. The molecule has 0 saturated heterocycles. The molecule has 0 radical (unpaired) electrons. The molecule has 1 heterocycles. The lowest BCUT2D eigenvalue weighted by Gasteiger charge is -1.99. The van der Waals surface area contributed by atoms with Crippen LogP contribution in [0.3, 0.4) is 0 Å². The predicted molar refractivity (Wildman–Crippen MR) is 51.5 cm³/mol. The van der Waals surface area contributed by atoms with Gasteiger partial charge >= 0.3 is 5.97 Å². The molecule has 0 amide bonds. The average Bonchev–Trinajstić information content (AvgIpc) is 2.42. The molecule has 0 N–H and O–H groups in total. The summed E-state index contributed by atoms with van der Waals surface area (Å²) >= 11 is 0. The van der Waals surface area contributed by atoms with Gasteiger partial charge in [0.15, 0.2) is 0 Å². The molecular formula is C10H17N2O2+. The van der Waals surface area contributed by atoms with Crippen molar-refractivity contribution < 1.29 is 14.1 Å². The molecule has 78 valence electrons. The van der Waals surface area contributed by atoms with E-state index < -0.39 is 0 Å². The summed E-state index contributed by atoms with van der Waals surface area (Å²) in [6.45, 7) is 2.28. The molecule has 0 aromatic carbocycles. The van der Waals surface area contributed by atoms with Crippen LogP contribution in [0.15, 0.2) is 12.5 Å². The minimum atomic E-state index is -0.128. The summed E-state index contributed by atoms with van der Waals surface area (Å²) in [6.07, 6.45) is 5.17. The van der Waals surface area contributed by atoms with Crippen molar-refractivity contribution >= 4 is 5.97 Å². The molecule has 1 aromatic rings. The van der Waals surface area contributed by atoms with E-state index in [4.69, 9.17) is 4.74 Å². The van der Waals surface area contributed by atoms with Gasteiger partial charge in [-0.3, -0.25) is 4.79 Å². The van der Waals surface area contributed by atoms with Crippen LogP contribution in [0.2, 0.25) is 0 Å². The second-order valence-electron chi connectivity index (χ2n) is 3.32. The maximum atomic E-state index is 11.1. The number of nitrogens with zero attached hydrogens (tertiary/aromatic N) is 2. The van der Waals surface area contributed by atoms with E-state index >= 15 is 0 Å². The van der Waals surface area contributed by atoms with Gasteiger partial charge in [0, 0.05) is 6.42 Å². The Labute approximate surface area is 84.1 Å². The number of carbonyl (C=O) groups excluding carboxylic acids is 1. The molecule has 0 atom stereocenters. The first-order valence-corrected chi connectivity index (χ1v) is 4.79. The van der Waals surface area contributed by atoms with Crippen molar-refractivity contribution in [3.63, 3.8) is 0 Å². The molecule has 0 fully saturated rings. The van der Waals surface area contributed by atoms with Gasteiger partial charge < -0.3 is 4.74 Å². The van der Waals surface area contributed by atoms with Crippen molar-refractivity contribution in [1.82, 2.24) is 4.57 Å². The van der Waals surface area contributed by atoms with Gasteiger partial charge in [-0.1, -0.05) is 0 Å². The fraction of sp³-hybridized carbons (Fsp3) is 0.600. The molecule has 14 heavy (non-hydrogen) atoms. The molecule has 0 unspecified atom stereocenters. The number of ether oxygens (including phenoxy) is 1. The van der Waals surface area contributed by atoms with E-state index in [0.29, 0.717) is 13.0 Å². The number of rotatable bonds is 4. The van der Waals surface area contributed by atoms with Gasteiger partial charge in [0.25, 0.3) is 0 Å². The lowest BCUT2D eigenvalue weighted by Crippen LogP contribution is -2.23. The van der Waals surface area contributed by atoms with Crippen LogP contribution in [0.4, 0.5) is 0 Å².